The van der Waals surface area contributed by atoms with Crippen LogP contribution in [-0.2, 0) is 6.42 Å². The molecule has 1 aliphatic heterocycles. The van der Waals surface area contributed by atoms with Gasteiger partial charge in [0.2, 0.25) is 7.28 Å². The van der Waals surface area contributed by atoms with E-state index in [4.69, 9.17) is 4.42 Å². The van der Waals surface area contributed by atoms with Crippen LogP contribution in [0.4, 0.5) is 0 Å². The van der Waals surface area contributed by atoms with Gasteiger partial charge >= 0.3 is 0 Å². The van der Waals surface area contributed by atoms with Crippen molar-refractivity contribution < 1.29 is 4.42 Å². The third kappa shape index (κ3) is 1.71. The Kier molecular flexibility index (Phi) is 2.30. The summed E-state index contributed by atoms with van der Waals surface area (Å²) in [6.45, 7) is 2.11. The first-order valence-electron chi connectivity index (χ1n) is 4.57. The molecule has 13 heavy (non-hydrogen) atoms. The molecule has 0 aliphatic carbocycles. The summed E-state index contributed by atoms with van der Waals surface area (Å²) in [7, 11) is 0.862. The fraction of sp³-hybridized carbons (Fsp3) is 0.333. The molecule has 0 aromatic carbocycles. The smallest absolute Gasteiger partial charge is 0.214 e. The van der Waals surface area contributed by atoms with Gasteiger partial charge in [-0.1, -0.05) is 12.9 Å². The molecule has 4 heteroatoms. The molecule has 0 unspecified atom stereocenters. The Hall–Kier alpha value is -1.32. The van der Waals surface area contributed by atoms with Crippen molar-refractivity contribution in [3.8, 4) is 0 Å². The average molecular weight is 174 g/mol. The second kappa shape index (κ2) is 3.60. The first-order chi connectivity index (χ1) is 6.40. The van der Waals surface area contributed by atoms with Crippen LogP contribution in [0, 0.1) is 0 Å². The maximum absolute atomic E-state index is 5.53. The number of aryl methyl sites for hydroxylation is 1. The highest BCUT2D eigenvalue weighted by Crippen LogP contribution is 2.09. The predicted molar refractivity (Wildman–Crippen MR) is 53.3 cm³/mol. The zero-order valence-corrected chi connectivity index (χ0v) is 7.66. The quantitative estimate of drug-likeness (QED) is 0.647. The summed E-state index contributed by atoms with van der Waals surface area (Å²) in [4.78, 5) is 8.36. The first kappa shape index (κ1) is 8.29. The molecule has 66 valence electrons. The molecule has 2 heterocycles. The topological polar surface area (TPSA) is 38.4 Å². The van der Waals surface area contributed by atoms with Crippen molar-refractivity contribution in [1.82, 2.24) is 4.98 Å². The molecule has 0 saturated heterocycles. The van der Waals surface area contributed by atoms with Crippen LogP contribution in [0.1, 0.15) is 25.0 Å². The number of oxazole rings is 1. The third-order valence-corrected chi connectivity index (χ3v) is 1.95. The Labute approximate surface area is 77.8 Å². The van der Waals surface area contributed by atoms with Gasteiger partial charge in [0.1, 0.15) is 0 Å². The lowest BCUT2D eigenvalue weighted by molar-refractivity contribution is 0.486. The summed E-state index contributed by atoms with van der Waals surface area (Å²) in [5.74, 6) is 3.64. The Bertz CT molecular complexity index is 354. The monoisotopic (exact) mass is 174 g/mol. The minimum absolute atomic E-state index is 0.812. The lowest BCUT2D eigenvalue weighted by atomic mass is 9.73. The van der Waals surface area contributed by atoms with Gasteiger partial charge in [-0.3, -0.25) is 4.99 Å². The van der Waals surface area contributed by atoms with Gasteiger partial charge in [0.25, 0.3) is 0 Å². The van der Waals surface area contributed by atoms with E-state index in [1.54, 1.807) is 12.4 Å². The molecule has 0 saturated carbocycles. The van der Waals surface area contributed by atoms with Gasteiger partial charge in [-0.2, -0.15) is 0 Å². The average Bonchev–Trinajstić information content (AvgIpc) is 2.70. The first-order valence-corrected chi connectivity index (χ1v) is 4.57. The van der Waals surface area contributed by atoms with Crippen LogP contribution >= 0.6 is 0 Å². The Morgan fingerprint density at radius 2 is 2.46 bits per heavy atom. The largest absolute Gasteiger partial charge is 0.440 e. The summed E-state index contributed by atoms with van der Waals surface area (Å²) in [6, 6.07) is 0. The van der Waals surface area contributed by atoms with Crippen LogP contribution in [-0.4, -0.2) is 17.9 Å². The second-order valence-corrected chi connectivity index (χ2v) is 3.03. The summed E-state index contributed by atoms with van der Waals surface area (Å²) in [5.41, 5.74) is 0.981. The van der Waals surface area contributed by atoms with Crippen LogP contribution in [0.5, 0.6) is 0 Å². The minimum atomic E-state index is 0.812. The van der Waals surface area contributed by atoms with E-state index in [2.05, 4.69) is 16.9 Å². The van der Waals surface area contributed by atoms with Gasteiger partial charge in [0.05, 0.1) is 6.20 Å². The zero-order valence-electron chi connectivity index (χ0n) is 7.66. The highest BCUT2D eigenvalue weighted by Gasteiger charge is 2.11. The van der Waals surface area contributed by atoms with Crippen molar-refractivity contribution in [2.24, 2.45) is 4.99 Å². The van der Waals surface area contributed by atoms with Crippen LogP contribution in [0.2, 0.25) is 0 Å². The van der Waals surface area contributed by atoms with E-state index in [1.807, 2.05) is 5.98 Å². The van der Waals surface area contributed by atoms with Crippen molar-refractivity contribution in [3.63, 3.8) is 0 Å². The molecule has 1 aromatic rings. The minimum Gasteiger partial charge on any atom is -0.440 e. The highest BCUT2D eigenvalue weighted by molar-refractivity contribution is 6.83. The number of nitrogens with zero attached hydrogens (tertiary/aromatic N) is 2. The molecule has 2 rings (SSSR count). The van der Waals surface area contributed by atoms with Crippen molar-refractivity contribution in [1.29, 1.82) is 0 Å². The maximum atomic E-state index is 5.53. The fourth-order valence-corrected chi connectivity index (χ4v) is 1.30. The van der Waals surface area contributed by atoms with Gasteiger partial charge in [-0.05, 0) is 6.42 Å². The van der Waals surface area contributed by atoms with Gasteiger partial charge in [-0.15, -0.1) is 0 Å². The normalized spacial score (nSPS) is 14.4. The predicted octanol–water partition coefficient (Wildman–Crippen LogP) is 1.29. The van der Waals surface area contributed by atoms with Crippen LogP contribution in [0.25, 0.3) is 0 Å². The van der Waals surface area contributed by atoms with E-state index in [9.17, 15) is 0 Å². The number of hydrogen-bond acceptors (Lipinski definition) is 3. The zero-order chi connectivity index (χ0) is 9.10. The van der Waals surface area contributed by atoms with E-state index in [-0.39, 0.29) is 0 Å². The van der Waals surface area contributed by atoms with Gasteiger partial charge < -0.3 is 4.42 Å². The second-order valence-electron chi connectivity index (χ2n) is 3.03. The molecule has 0 fully saturated rings. The Morgan fingerprint density at radius 3 is 3.15 bits per heavy atom. The molecular weight excluding hydrogens is 163 g/mol. The molecule has 0 bridgehead atoms. The summed E-state index contributed by atoms with van der Waals surface area (Å²) in [5, 5.41) is 0. The number of aromatic nitrogens is 1. The summed E-state index contributed by atoms with van der Waals surface area (Å²) in [6.07, 6.45) is 5.53. The van der Waals surface area contributed by atoms with Crippen molar-refractivity contribution in [2.75, 3.05) is 0 Å². The van der Waals surface area contributed by atoms with Crippen molar-refractivity contribution in [2.45, 2.75) is 19.8 Å². The summed E-state index contributed by atoms with van der Waals surface area (Å²) >= 11 is 0. The van der Waals surface area contributed by atoms with Crippen molar-refractivity contribution >= 4 is 12.9 Å². The van der Waals surface area contributed by atoms with Gasteiger partial charge in [0.15, 0.2) is 11.7 Å². The summed E-state index contributed by atoms with van der Waals surface area (Å²) < 4.78 is 5.53. The molecule has 0 atom stereocenters. The maximum Gasteiger partial charge on any atom is 0.214 e. The molecular formula is C9H11BN2O. The standard InChI is InChI=1S/C9H11BN2O/c1-2-3-8-12-6-7(13-8)9-10-4-5-11-9/h4-6,10H,2-3H2,1H3. The molecule has 1 aromatic heterocycles. The van der Waals surface area contributed by atoms with Crippen LogP contribution < -0.4 is 0 Å². The molecule has 0 amide bonds. The molecule has 0 radical (unpaired) electrons. The van der Waals surface area contributed by atoms with E-state index in [1.165, 1.54) is 0 Å². The SMILES string of the molecule is CCCc1ncc(C2=NC=CB2)o1. The van der Waals surface area contributed by atoms with E-state index < -0.39 is 0 Å². The Morgan fingerprint density at radius 1 is 1.54 bits per heavy atom. The number of aliphatic imine (C=N–C) groups is 1. The van der Waals surface area contributed by atoms with Gasteiger partial charge in [-0.25, -0.2) is 4.98 Å². The fourth-order valence-electron chi connectivity index (χ4n) is 1.30. The van der Waals surface area contributed by atoms with E-state index in [0.717, 1.165) is 37.4 Å². The lowest BCUT2D eigenvalue weighted by Gasteiger charge is -1.91. The van der Waals surface area contributed by atoms with Crippen LogP contribution in [0.3, 0.4) is 0 Å². The Balaban J connectivity index is 2.13. The molecule has 3 nitrogen and oxygen atoms in total. The van der Waals surface area contributed by atoms with E-state index >= 15 is 0 Å². The van der Waals surface area contributed by atoms with Crippen LogP contribution in [0.15, 0.2) is 27.8 Å². The van der Waals surface area contributed by atoms with Gasteiger partial charge in [0, 0.05) is 18.2 Å². The van der Waals surface area contributed by atoms with E-state index in [0.29, 0.717) is 0 Å². The van der Waals surface area contributed by atoms with Crippen molar-refractivity contribution in [3.05, 3.63) is 30.0 Å². The highest BCUT2D eigenvalue weighted by atomic mass is 16.4. The molecule has 0 spiro atoms. The molecule has 1 aliphatic rings. The lowest BCUT2D eigenvalue weighted by Crippen LogP contribution is -2.03. The number of hydrogen-bond donors (Lipinski definition) is 0. The third-order valence-electron chi connectivity index (χ3n) is 1.95. The number of rotatable bonds is 3. The molecule has 0 N–H and O–H groups in total.